The maximum absolute atomic E-state index is 13.6. The summed E-state index contributed by atoms with van der Waals surface area (Å²) in [5.41, 5.74) is 1.64. The van der Waals surface area contributed by atoms with E-state index in [0.717, 1.165) is 30.5 Å². The molecule has 2 aromatic carbocycles. The van der Waals surface area contributed by atoms with Crippen LogP contribution in [0.1, 0.15) is 38.2 Å². The van der Waals surface area contributed by atoms with E-state index in [0.29, 0.717) is 21.0 Å². The second-order valence-electron chi connectivity index (χ2n) is 8.08. The highest BCUT2D eigenvalue weighted by atomic mass is 79.9. The molecule has 1 unspecified atom stereocenters. The minimum Gasteiger partial charge on any atom is -0.503 e. The third-order valence-corrected chi connectivity index (χ3v) is 7.71. The van der Waals surface area contributed by atoms with Gasteiger partial charge in [0.1, 0.15) is 0 Å². The maximum atomic E-state index is 13.6. The summed E-state index contributed by atoms with van der Waals surface area (Å²) in [6.07, 6.45) is 6.45. The molecule has 1 amide bonds. The number of amides is 1. The molecule has 2 aliphatic rings. The number of methoxy groups -OCH3 is 1. The second-order valence-corrected chi connectivity index (χ2v) is 10.1. The van der Waals surface area contributed by atoms with E-state index in [1.165, 1.54) is 13.5 Å². The van der Waals surface area contributed by atoms with Gasteiger partial charge in [0.05, 0.1) is 16.5 Å². The Morgan fingerprint density at radius 3 is 2.68 bits per heavy atom. The molecule has 1 saturated carbocycles. The first kappa shape index (κ1) is 22.1. The highest BCUT2D eigenvalue weighted by molar-refractivity contribution is 9.10. The van der Waals surface area contributed by atoms with E-state index in [1.807, 2.05) is 41.3 Å². The lowest BCUT2D eigenvalue weighted by atomic mass is 9.85. The molecule has 1 saturated heterocycles. The van der Waals surface area contributed by atoms with Gasteiger partial charge in [-0.15, -0.1) is 0 Å². The Morgan fingerprint density at radius 2 is 1.97 bits per heavy atom. The summed E-state index contributed by atoms with van der Waals surface area (Å²) in [6, 6.07) is 13.8. The third kappa shape index (κ3) is 4.72. The fourth-order valence-corrected chi connectivity index (χ4v) is 6.02. The Kier molecular flexibility index (Phi) is 6.82. The summed E-state index contributed by atoms with van der Waals surface area (Å²) in [7, 11) is 1.51. The van der Waals surface area contributed by atoms with E-state index in [1.54, 1.807) is 23.9 Å². The van der Waals surface area contributed by atoms with Gasteiger partial charge in [0.2, 0.25) is 0 Å². The number of hydrogen-bond donors (Lipinski definition) is 2. The molecule has 5 nitrogen and oxygen atoms in total. The zero-order valence-corrected chi connectivity index (χ0v) is 20.1. The molecular formula is C24H27BrN2O3S. The van der Waals surface area contributed by atoms with Crippen molar-refractivity contribution in [2.24, 2.45) is 5.92 Å². The summed E-state index contributed by atoms with van der Waals surface area (Å²) in [5, 5.41) is 13.7. The van der Waals surface area contributed by atoms with Crippen LogP contribution in [0, 0.1) is 5.92 Å². The number of phenols is 1. The van der Waals surface area contributed by atoms with Crippen LogP contribution in [-0.2, 0) is 4.79 Å². The Labute approximate surface area is 196 Å². The number of halogens is 1. The number of phenolic OH excluding ortho intramolecular Hbond substituents is 1. The molecule has 0 radical (unpaired) electrons. The summed E-state index contributed by atoms with van der Waals surface area (Å²) in [5.74, 6) is 0.950. The van der Waals surface area contributed by atoms with Gasteiger partial charge in [0, 0.05) is 11.7 Å². The van der Waals surface area contributed by atoms with Gasteiger partial charge in [-0.1, -0.05) is 49.7 Å². The Bertz CT molecular complexity index is 982. The number of nitrogens with one attached hydrogen (secondary N) is 1. The van der Waals surface area contributed by atoms with Crippen LogP contribution in [0.2, 0.25) is 0 Å². The molecule has 0 spiro atoms. The van der Waals surface area contributed by atoms with Crippen LogP contribution >= 0.6 is 27.7 Å². The average molecular weight is 503 g/mol. The number of hydrogen-bond acceptors (Lipinski definition) is 5. The van der Waals surface area contributed by atoms with Crippen molar-refractivity contribution in [2.75, 3.05) is 12.4 Å². The lowest BCUT2D eigenvalue weighted by Crippen LogP contribution is -2.48. The Morgan fingerprint density at radius 1 is 1.23 bits per heavy atom. The quantitative estimate of drug-likeness (QED) is 0.487. The van der Waals surface area contributed by atoms with Crippen LogP contribution in [0.15, 0.2) is 51.8 Å². The number of anilines is 1. The molecule has 2 N–H and O–H groups in total. The third-order valence-electron chi connectivity index (χ3n) is 5.99. The first-order valence-corrected chi connectivity index (χ1v) is 12.2. The smallest absolute Gasteiger partial charge is 0.262 e. The van der Waals surface area contributed by atoms with E-state index in [2.05, 4.69) is 28.2 Å². The average Bonchev–Trinajstić information content (AvgIpc) is 3.06. The topological polar surface area (TPSA) is 61.8 Å². The number of carbonyl (C=O) groups is 1. The van der Waals surface area contributed by atoms with Crippen molar-refractivity contribution >= 4 is 45.4 Å². The lowest BCUT2D eigenvalue weighted by Gasteiger charge is -2.39. The SMILES string of the molecule is COc1cc(/C=C2\SC(Nc3ccccc3)N([C@H]3CCCC[C@H]3C)C2=O)cc(Br)c1O. The molecule has 2 aromatic rings. The first-order valence-electron chi connectivity index (χ1n) is 10.6. The first-order chi connectivity index (χ1) is 15.0. The van der Waals surface area contributed by atoms with E-state index in [9.17, 15) is 9.90 Å². The number of rotatable bonds is 5. The molecule has 7 heteroatoms. The van der Waals surface area contributed by atoms with Gasteiger partial charge in [0.15, 0.2) is 17.0 Å². The molecule has 0 bridgehead atoms. The van der Waals surface area contributed by atoms with Crippen LogP contribution in [0.4, 0.5) is 5.69 Å². The number of nitrogens with zero attached hydrogens (tertiary/aromatic N) is 1. The molecule has 3 atom stereocenters. The van der Waals surface area contributed by atoms with Gasteiger partial charge in [0.25, 0.3) is 5.91 Å². The molecular weight excluding hydrogens is 476 g/mol. The number of thioether (sulfide) groups is 1. The molecule has 1 aliphatic carbocycles. The van der Waals surface area contributed by atoms with Gasteiger partial charge in [-0.05, 0) is 70.6 Å². The standard InChI is InChI=1S/C24H27BrN2O3S/c1-15-8-6-7-11-19(15)27-23(29)21(31-24(27)26-17-9-4-3-5-10-17)14-16-12-18(25)22(28)20(13-16)30-2/h3-5,9-10,12-15,19,24,26,28H,6-8,11H2,1-2H3/b21-14-/t15-,19+,24?/m1/s1. The molecule has 31 heavy (non-hydrogen) atoms. The van der Waals surface area contributed by atoms with E-state index >= 15 is 0 Å². The van der Waals surface area contributed by atoms with E-state index in [4.69, 9.17) is 4.74 Å². The van der Waals surface area contributed by atoms with Crippen molar-refractivity contribution in [3.8, 4) is 11.5 Å². The summed E-state index contributed by atoms with van der Waals surface area (Å²) < 4.78 is 5.80. The number of ether oxygens (including phenoxy) is 1. The fraction of sp³-hybridized carbons (Fsp3) is 0.375. The minimum atomic E-state index is -0.158. The molecule has 2 fully saturated rings. The van der Waals surface area contributed by atoms with Crippen molar-refractivity contribution in [3.63, 3.8) is 0 Å². The van der Waals surface area contributed by atoms with Gasteiger partial charge < -0.3 is 20.1 Å². The van der Waals surface area contributed by atoms with Crippen molar-refractivity contribution < 1.29 is 14.6 Å². The van der Waals surface area contributed by atoms with Crippen molar-refractivity contribution in [1.82, 2.24) is 4.90 Å². The summed E-state index contributed by atoms with van der Waals surface area (Å²) in [4.78, 5) is 16.3. The molecule has 0 aromatic heterocycles. The zero-order valence-electron chi connectivity index (χ0n) is 17.7. The predicted molar refractivity (Wildman–Crippen MR) is 130 cm³/mol. The molecule has 164 valence electrons. The van der Waals surface area contributed by atoms with Crippen LogP contribution in [-0.4, -0.2) is 34.6 Å². The van der Waals surface area contributed by atoms with Gasteiger partial charge >= 0.3 is 0 Å². The number of aromatic hydroxyl groups is 1. The van der Waals surface area contributed by atoms with Crippen LogP contribution in [0.5, 0.6) is 11.5 Å². The number of benzene rings is 2. The molecule has 1 heterocycles. The zero-order chi connectivity index (χ0) is 22.0. The second kappa shape index (κ2) is 9.57. The Balaban J connectivity index is 1.67. The largest absolute Gasteiger partial charge is 0.503 e. The number of para-hydroxylation sites is 1. The van der Waals surface area contributed by atoms with Gasteiger partial charge in [-0.2, -0.15) is 0 Å². The van der Waals surface area contributed by atoms with Crippen molar-refractivity contribution in [2.45, 2.75) is 44.1 Å². The van der Waals surface area contributed by atoms with Crippen LogP contribution in [0.25, 0.3) is 6.08 Å². The predicted octanol–water partition coefficient (Wildman–Crippen LogP) is 6.05. The monoisotopic (exact) mass is 502 g/mol. The summed E-state index contributed by atoms with van der Waals surface area (Å²) in [6.45, 7) is 2.25. The maximum Gasteiger partial charge on any atom is 0.262 e. The van der Waals surface area contributed by atoms with Gasteiger partial charge in [-0.25, -0.2) is 0 Å². The number of carbonyl (C=O) groups excluding carboxylic acids is 1. The van der Waals surface area contributed by atoms with E-state index in [-0.39, 0.29) is 23.2 Å². The normalized spacial score (nSPS) is 25.1. The highest BCUT2D eigenvalue weighted by Crippen LogP contribution is 2.43. The van der Waals surface area contributed by atoms with Crippen molar-refractivity contribution in [1.29, 1.82) is 0 Å². The lowest BCUT2D eigenvalue weighted by molar-refractivity contribution is -0.129. The summed E-state index contributed by atoms with van der Waals surface area (Å²) >= 11 is 4.91. The van der Waals surface area contributed by atoms with Crippen molar-refractivity contribution in [3.05, 3.63) is 57.4 Å². The van der Waals surface area contributed by atoms with Crippen LogP contribution in [0.3, 0.4) is 0 Å². The molecule has 1 aliphatic heterocycles. The minimum absolute atomic E-state index is 0.0522. The van der Waals surface area contributed by atoms with E-state index < -0.39 is 0 Å². The Hall–Kier alpha value is -2.12. The van der Waals surface area contributed by atoms with Gasteiger partial charge in [-0.3, -0.25) is 4.79 Å². The fourth-order valence-electron chi connectivity index (χ4n) is 4.35. The molecule has 4 rings (SSSR count). The highest BCUT2D eigenvalue weighted by Gasteiger charge is 2.42. The van der Waals surface area contributed by atoms with Crippen LogP contribution < -0.4 is 10.1 Å².